The molecular weight excluding hydrogens is 306 g/mol. The summed E-state index contributed by atoms with van der Waals surface area (Å²) in [6.45, 7) is 6.44. The molecule has 0 bridgehead atoms. The van der Waals surface area contributed by atoms with Crippen molar-refractivity contribution in [3.05, 3.63) is 46.7 Å². The average Bonchev–Trinajstić information content (AvgIpc) is 2.79. The van der Waals surface area contributed by atoms with Crippen molar-refractivity contribution in [1.29, 1.82) is 0 Å². The van der Waals surface area contributed by atoms with E-state index in [1.165, 1.54) is 0 Å². The highest BCUT2D eigenvalue weighted by Crippen LogP contribution is 2.39. The summed E-state index contributed by atoms with van der Waals surface area (Å²) in [5, 5.41) is 10.3. The molecule has 130 valence electrons. The van der Waals surface area contributed by atoms with E-state index >= 15 is 0 Å². The van der Waals surface area contributed by atoms with E-state index in [9.17, 15) is 14.7 Å². The lowest BCUT2D eigenvalue weighted by atomic mass is 9.90. The number of amides is 1. The third kappa shape index (κ3) is 3.51. The molecule has 1 aliphatic heterocycles. The van der Waals surface area contributed by atoms with Gasteiger partial charge in [0.15, 0.2) is 11.5 Å². The summed E-state index contributed by atoms with van der Waals surface area (Å²) in [4.78, 5) is 26.7. The minimum atomic E-state index is -0.538. The maximum atomic E-state index is 12.6. The Morgan fingerprint density at radius 2 is 2.08 bits per heavy atom. The number of aryl methyl sites for hydroxylation is 1. The predicted octanol–water partition coefficient (Wildman–Crippen LogP) is 2.95. The summed E-state index contributed by atoms with van der Waals surface area (Å²) < 4.78 is 5.06. The lowest BCUT2D eigenvalue weighted by molar-refractivity contribution is -0.129. The van der Waals surface area contributed by atoms with Gasteiger partial charge in [0.1, 0.15) is 0 Å². The fourth-order valence-electron chi connectivity index (χ4n) is 3.01. The van der Waals surface area contributed by atoms with Crippen molar-refractivity contribution in [1.82, 2.24) is 4.90 Å². The van der Waals surface area contributed by atoms with Crippen LogP contribution in [0, 0.1) is 12.8 Å². The lowest BCUT2D eigenvalue weighted by Gasteiger charge is -2.27. The van der Waals surface area contributed by atoms with Crippen LogP contribution < -0.4 is 0 Å². The maximum Gasteiger partial charge on any atom is 0.290 e. The lowest BCUT2D eigenvalue weighted by Crippen LogP contribution is -2.33. The quantitative estimate of drug-likeness (QED) is 0.780. The van der Waals surface area contributed by atoms with Gasteiger partial charge in [0.25, 0.3) is 5.91 Å². The molecular formula is C19H25NO4. The van der Waals surface area contributed by atoms with Crippen LogP contribution in [0.4, 0.5) is 0 Å². The van der Waals surface area contributed by atoms with Gasteiger partial charge in [-0.1, -0.05) is 43.7 Å². The van der Waals surface area contributed by atoms with E-state index in [0.29, 0.717) is 19.6 Å². The molecule has 0 aliphatic carbocycles. The first-order valence-corrected chi connectivity index (χ1v) is 8.22. The third-order valence-corrected chi connectivity index (χ3v) is 4.20. The summed E-state index contributed by atoms with van der Waals surface area (Å²) in [6, 6.07) is 7.16. The van der Waals surface area contributed by atoms with Crippen LogP contribution in [0.2, 0.25) is 0 Å². The van der Waals surface area contributed by atoms with E-state index in [1.807, 2.05) is 31.2 Å². The second-order valence-electron chi connectivity index (χ2n) is 6.44. The number of aliphatic hydroxyl groups is 1. The van der Waals surface area contributed by atoms with Gasteiger partial charge in [-0.3, -0.25) is 9.59 Å². The Balaban J connectivity index is 2.46. The second kappa shape index (κ2) is 7.62. The normalized spacial score (nSPS) is 18.0. The van der Waals surface area contributed by atoms with Crippen LogP contribution in [-0.2, 0) is 14.3 Å². The van der Waals surface area contributed by atoms with Crippen LogP contribution in [0.25, 0.3) is 0 Å². The minimum absolute atomic E-state index is 0.193. The Bertz CT molecular complexity index is 663. The minimum Gasteiger partial charge on any atom is -0.503 e. The zero-order valence-electron chi connectivity index (χ0n) is 14.7. The molecule has 5 nitrogen and oxygen atoms in total. The zero-order chi connectivity index (χ0) is 17.9. The monoisotopic (exact) mass is 331 g/mol. The first-order chi connectivity index (χ1) is 11.4. The van der Waals surface area contributed by atoms with Crippen molar-refractivity contribution in [3.63, 3.8) is 0 Å². The van der Waals surface area contributed by atoms with Crippen molar-refractivity contribution < 1.29 is 19.4 Å². The topological polar surface area (TPSA) is 66.8 Å². The van der Waals surface area contributed by atoms with E-state index in [2.05, 4.69) is 0 Å². The van der Waals surface area contributed by atoms with Crippen LogP contribution >= 0.6 is 0 Å². The summed E-state index contributed by atoms with van der Waals surface area (Å²) in [7, 11) is 1.60. The highest BCUT2D eigenvalue weighted by Gasteiger charge is 2.43. The van der Waals surface area contributed by atoms with Gasteiger partial charge in [0.05, 0.1) is 11.6 Å². The zero-order valence-corrected chi connectivity index (χ0v) is 14.7. The summed E-state index contributed by atoms with van der Waals surface area (Å²) >= 11 is 0. The van der Waals surface area contributed by atoms with Gasteiger partial charge in [-0.15, -0.1) is 0 Å². The number of hydrogen-bond donors (Lipinski definition) is 1. The van der Waals surface area contributed by atoms with Crippen LogP contribution in [-0.4, -0.2) is 42.0 Å². The van der Waals surface area contributed by atoms with Crippen molar-refractivity contribution >= 4 is 11.7 Å². The number of ether oxygens (including phenoxy) is 1. The Morgan fingerprint density at radius 1 is 1.38 bits per heavy atom. The van der Waals surface area contributed by atoms with Crippen molar-refractivity contribution in [2.24, 2.45) is 5.92 Å². The van der Waals surface area contributed by atoms with E-state index < -0.39 is 17.7 Å². The third-order valence-electron chi connectivity index (χ3n) is 4.20. The highest BCUT2D eigenvalue weighted by atomic mass is 16.5. The average molecular weight is 331 g/mol. The van der Waals surface area contributed by atoms with E-state index in [-0.39, 0.29) is 17.3 Å². The van der Waals surface area contributed by atoms with Gasteiger partial charge >= 0.3 is 0 Å². The Morgan fingerprint density at radius 3 is 2.67 bits per heavy atom. The molecule has 1 N–H and O–H groups in total. The van der Waals surface area contributed by atoms with Crippen LogP contribution in [0.3, 0.4) is 0 Å². The number of methoxy groups -OCH3 is 1. The SMILES string of the molecule is COCCCN1C(=O)C(O)=C(C(=O)C(C)C)C1c1cccc(C)c1. The number of aliphatic hydroxyl groups excluding tert-OH is 1. The summed E-state index contributed by atoms with van der Waals surface area (Å²) in [5.41, 5.74) is 2.09. The van der Waals surface area contributed by atoms with Crippen molar-refractivity contribution in [2.45, 2.75) is 33.2 Å². The van der Waals surface area contributed by atoms with Gasteiger partial charge < -0.3 is 14.7 Å². The van der Waals surface area contributed by atoms with Gasteiger partial charge in [0.2, 0.25) is 0 Å². The van der Waals surface area contributed by atoms with E-state index in [4.69, 9.17) is 4.74 Å². The van der Waals surface area contributed by atoms with E-state index in [0.717, 1.165) is 11.1 Å². The first kappa shape index (κ1) is 18.2. The molecule has 1 unspecified atom stereocenters. The number of ketones is 1. The van der Waals surface area contributed by atoms with Gasteiger partial charge in [-0.2, -0.15) is 0 Å². The predicted molar refractivity (Wildman–Crippen MR) is 91.6 cm³/mol. The summed E-state index contributed by atoms with van der Waals surface area (Å²) in [6.07, 6.45) is 0.640. The van der Waals surface area contributed by atoms with Crippen LogP contribution in [0.5, 0.6) is 0 Å². The number of carbonyl (C=O) groups excluding carboxylic acids is 2. The number of nitrogens with zero attached hydrogens (tertiary/aromatic N) is 1. The van der Waals surface area contributed by atoms with Gasteiger partial charge in [0, 0.05) is 26.2 Å². The molecule has 0 spiro atoms. The maximum absolute atomic E-state index is 12.6. The second-order valence-corrected chi connectivity index (χ2v) is 6.44. The van der Waals surface area contributed by atoms with Crippen LogP contribution in [0.1, 0.15) is 37.4 Å². The van der Waals surface area contributed by atoms with Gasteiger partial charge in [-0.25, -0.2) is 0 Å². The molecule has 1 amide bonds. The number of Topliss-reactive ketones (excluding diaryl/α,β-unsaturated/α-hetero) is 1. The smallest absolute Gasteiger partial charge is 0.290 e. The Hall–Kier alpha value is -2.14. The van der Waals surface area contributed by atoms with Crippen molar-refractivity contribution in [2.75, 3.05) is 20.3 Å². The fourth-order valence-corrected chi connectivity index (χ4v) is 3.01. The molecule has 24 heavy (non-hydrogen) atoms. The standard InChI is InChI=1S/C19H25NO4/c1-12(2)17(21)15-16(14-8-5-7-13(3)11-14)20(9-6-10-24-4)19(23)18(15)22/h5,7-8,11-12,16,22H,6,9-10H2,1-4H3. The number of hydrogen-bond acceptors (Lipinski definition) is 4. The largest absolute Gasteiger partial charge is 0.503 e. The van der Waals surface area contributed by atoms with Gasteiger partial charge in [-0.05, 0) is 18.9 Å². The number of benzene rings is 1. The molecule has 0 fully saturated rings. The molecule has 0 saturated heterocycles. The molecule has 1 aromatic rings. The molecule has 1 aliphatic rings. The molecule has 1 aromatic carbocycles. The summed E-state index contributed by atoms with van der Waals surface area (Å²) in [5.74, 6) is -1.39. The molecule has 2 rings (SSSR count). The highest BCUT2D eigenvalue weighted by molar-refractivity contribution is 6.09. The Kier molecular flexibility index (Phi) is 5.78. The van der Waals surface area contributed by atoms with Crippen molar-refractivity contribution in [3.8, 4) is 0 Å². The number of carbonyl (C=O) groups is 2. The molecule has 0 aromatic heterocycles. The molecule has 0 radical (unpaired) electrons. The molecule has 1 atom stereocenters. The molecule has 5 heteroatoms. The molecule has 1 heterocycles. The number of rotatable bonds is 7. The Labute approximate surface area is 142 Å². The first-order valence-electron chi connectivity index (χ1n) is 8.22. The fraction of sp³-hybridized carbons (Fsp3) is 0.474. The molecule has 0 saturated carbocycles. The van der Waals surface area contributed by atoms with E-state index in [1.54, 1.807) is 25.9 Å². The van der Waals surface area contributed by atoms with Crippen LogP contribution in [0.15, 0.2) is 35.6 Å².